The van der Waals surface area contributed by atoms with Gasteiger partial charge in [-0.2, -0.15) is 8.78 Å². The summed E-state index contributed by atoms with van der Waals surface area (Å²) in [6.45, 7) is -0.504. The van der Waals surface area contributed by atoms with Gasteiger partial charge in [0.2, 0.25) is 0 Å². The molecule has 1 aliphatic carbocycles. The topological polar surface area (TPSA) is 25.0 Å². The smallest absolute Gasteiger partial charge is 0.387 e. The van der Waals surface area contributed by atoms with Gasteiger partial charge in [0.25, 0.3) is 0 Å². The van der Waals surface area contributed by atoms with Crippen LogP contribution in [0.2, 0.25) is 0 Å². The van der Waals surface area contributed by atoms with Gasteiger partial charge >= 0.3 is 6.61 Å². The maximum Gasteiger partial charge on any atom is 0.387 e. The molecule has 108 valence electrons. The number of nitrogens with one attached hydrogen (secondary N) is 1. The molecule has 4 heteroatoms. The molecule has 1 fully saturated rings. The minimum absolute atomic E-state index is 0.139. The third-order valence-corrected chi connectivity index (χ3v) is 4.49. The number of alkyl halides is 2. The second kappa shape index (κ2) is 5.08. The maximum absolute atomic E-state index is 12.3. The van der Waals surface area contributed by atoms with E-state index in [1.54, 1.807) is 12.1 Å². The second-order valence-electron chi connectivity index (χ2n) is 5.91. The minimum atomic E-state index is -2.78. The van der Waals surface area contributed by atoms with Crippen LogP contribution < -0.4 is 4.74 Å². The van der Waals surface area contributed by atoms with Crippen LogP contribution in [-0.4, -0.2) is 11.6 Å². The van der Waals surface area contributed by atoms with E-state index >= 15 is 0 Å². The molecule has 2 nitrogen and oxygen atoms in total. The van der Waals surface area contributed by atoms with E-state index in [0.29, 0.717) is 0 Å². The van der Waals surface area contributed by atoms with E-state index in [9.17, 15) is 8.78 Å². The zero-order chi connectivity index (χ0) is 14.2. The molecule has 2 aromatic rings. The summed E-state index contributed by atoms with van der Waals surface area (Å²) in [6.07, 6.45) is 8.09. The van der Waals surface area contributed by atoms with Gasteiger partial charge in [-0.05, 0) is 42.0 Å². The average Bonchev–Trinajstić information content (AvgIpc) is 2.82. The van der Waals surface area contributed by atoms with Gasteiger partial charge in [-0.15, -0.1) is 0 Å². The first-order valence-corrected chi connectivity index (χ1v) is 7.15. The van der Waals surface area contributed by atoms with Crippen LogP contribution in [0.15, 0.2) is 24.4 Å². The Labute approximate surface area is 117 Å². The van der Waals surface area contributed by atoms with Crippen molar-refractivity contribution in [3.8, 4) is 5.75 Å². The van der Waals surface area contributed by atoms with Crippen LogP contribution in [0.4, 0.5) is 8.78 Å². The lowest BCUT2D eigenvalue weighted by atomic mass is 9.71. The van der Waals surface area contributed by atoms with Crippen molar-refractivity contribution in [1.29, 1.82) is 0 Å². The number of aromatic nitrogens is 1. The van der Waals surface area contributed by atoms with Crippen LogP contribution in [-0.2, 0) is 5.41 Å². The molecule has 0 aliphatic heterocycles. The highest BCUT2D eigenvalue weighted by atomic mass is 19.3. The number of ether oxygens (including phenoxy) is 1. The summed E-state index contributed by atoms with van der Waals surface area (Å²) >= 11 is 0. The van der Waals surface area contributed by atoms with E-state index in [-0.39, 0.29) is 11.2 Å². The quantitative estimate of drug-likeness (QED) is 0.841. The summed E-state index contributed by atoms with van der Waals surface area (Å²) in [5.74, 6) is 0.229. The first-order valence-electron chi connectivity index (χ1n) is 7.15. The molecule has 0 unspecified atom stereocenters. The highest BCUT2D eigenvalue weighted by Gasteiger charge is 2.31. The molecule has 0 spiro atoms. The van der Waals surface area contributed by atoms with Gasteiger partial charge in [0.1, 0.15) is 5.75 Å². The zero-order valence-electron chi connectivity index (χ0n) is 11.6. The predicted octanol–water partition coefficient (Wildman–Crippen LogP) is 4.99. The van der Waals surface area contributed by atoms with Crippen molar-refractivity contribution >= 4 is 10.9 Å². The number of aromatic amines is 1. The lowest BCUT2D eigenvalue weighted by Gasteiger charge is -2.33. The summed E-state index contributed by atoms with van der Waals surface area (Å²) in [4.78, 5) is 3.25. The molecular weight excluding hydrogens is 260 g/mol. The van der Waals surface area contributed by atoms with Crippen molar-refractivity contribution in [2.24, 2.45) is 0 Å². The van der Waals surface area contributed by atoms with E-state index in [1.807, 2.05) is 12.3 Å². The summed E-state index contributed by atoms with van der Waals surface area (Å²) in [6, 6.07) is 5.12. The maximum atomic E-state index is 12.3. The van der Waals surface area contributed by atoms with Gasteiger partial charge in [-0.3, -0.25) is 0 Å². The molecule has 1 aromatic heterocycles. The highest BCUT2D eigenvalue weighted by Crippen LogP contribution is 2.42. The van der Waals surface area contributed by atoms with Crippen LogP contribution in [0.25, 0.3) is 10.9 Å². The van der Waals surface area contributed by atoms with Gasteiger partial charge in [0, 0.05) is 17.1 Å². The molecule has 1 aliphatic rings. The number of hydrogen-bond acceptors (Lipinski definition) is 1. The third kappa shape index (κ3) is 2.39. The Morgan fingerprint density at radius 3 is 2.65 bits per heavy atom. The standard InChI is InChI=1S/C16H19F2NO/c1-16(7-3-2-4-8-16)13-10-19-14-6-5-11(9-12(13)14)20-15(17)18/h5-6,9-10,15,19H,2-4,7-8H2,1H3. The highest BCUT2D eigenvalue weighted by molar-refractivity contribution is 5.85. The number of hydrogen-bond donors (Lipinski definition) is 1. The first-order chi connectivity index (χ1) is 9.58. The van der Waals surface area contributed by atoms with E-state index < -0.39 is 6.61 Å². The van der Waals surface area contributed by atoms with Gasteiger partial charge < -0.3 is 9.72 Å². The average molecular weight is 279 g/mol. The third-order valence-electron chi connectivity index (χ3n) is 4.49. The fourth-order valence-corrected chi connectivity index (χ4v) is 3.38. The summed E-state index contributed by atoms with van der Waals surface area (Å²) in [7, 11) is 0. The van der Waals surface area contributed by atoms with Gasteiger partial charge in [0.15, 0.2) is 0 Å². The van der Waals surface area contributed by atoms with Gasteiger partial charge in [0.05, 0.1) is 0 Å². The largest absolute Gasteiger partial charge is 0.435 e. The minimum Gasteiger partial charge on any atom is -0.435 e. The number of H-pyrrole nitrogens is 1. The molecule has 1 N–H and O–H groups in total. The Kier molecular flexibility index (Phi) is 3.40. The summed E-state index contributed by atoms with van der Waals surface area (Å²) in [5.41, 5.74) is 2.35. The lowest BCUT2D eigenvalue weighted by molar-refractivity contribution is -0.0497. The SMILES string of the molecule is CC1(c2c[nH]c3ccc(OC(F)F)cc23)CCCCC1. The molecule has 3 rings (SSSR count). The Morgan fingerprint density at radius 1 is 1.20 bits per heavy atom. The van der Waals surface area contributed by atoms with Crippen LogP contribution in [0.1, 0.15) is 44.6 Å². The van der Waals surface area contributed by atoms with Crippen molar-refractivity contribution in [3.63, 3.8) is 0 Å². The molecule has 0 saturated heterocycles. The van der Waals surface area contributed by atoms with Crippen molar-refractivity contribution < 1.29 is 13.5 Å². The second-order valence-corrected chi connectivity index (χ2v) is 5.91. The number of halogens is 2. The zero-order valence-corrected chi connectivity index (χ0v) is 11.6. The Morgan fingerprint density at radius 2 is 1.95 bits per heavy atom. The van der Waals surface area contributed by atoms with E-state index in [4.69, 9.17) is 0 Å². The van der Waals surface area contributed by atoms with Crippen molar-refractivity contribution in [1.82, 2.24) is 4.98 Å². The summed E-state index contributed by atoms with van der Waals surface area (Å²) < 4.78 is 29.2. The predicted molar refractivity (Wildman–Crippen MR) is 75.4 cm³/mol. The first kappa shape index (κ1) is 13.4. The molecular formula is C16H19F2NO. The normalized spacial score (nSPS) is 18.6. The van der Waals surface area contributed by atoms with Gasteiger partial charge in [-0.25, -0.2) is 0 Å². The van der Waals surface area contributed by atoms with Crippen molar-refractivity contribution in [2.45, 2.75) is 51.1 Å². The fraction of sp³-hybridized carbons (Fsp3) is 0.500. The number of rotatable bonds is 3. The molecule has 20 heavy (non-hydrogen) atoms. The molecule has 1 aromatic carbocycles. The van der Waals surface area contributed by atoms with Crippen LogP contribution in [0.5, 0.6) is 5.75 Å². The number of benzene rings is 1. The summed E-state index contributed by atoms with van der Waals surface area (Å²) in [5, 5.41) is 1.01. The van der Waals surface area contributed by atoms with Crippen molar-refractivity contribution in [3.05, 3.63) is 30.0 Å². The molecule has 0 atom stereocenters. The van der Waals surface area contributed by atoms with E-state index in [1.165, 1.54) is 24.8 Å². The lowest BCUT2D eigenvalue weighted by Crippen LogP contribution is -2.24. The Bertz CT molecular complexity index is 600. The van der Waals surface area contributed by atoms with Gasteiger partial charge in [-0.1, -0.05) is 26.2 Å². The molecule has 0 amide bonds. The van der Waals surface area contributed by atoms with E-state index in [2.05, 4.69) is 16.6 Å². The van der Waals surface area contributed by atoms with Crippen LogP contribution in [0, 0.1) is 0 Å². The monoisotopic (exact) mass is 279 g/mol. The molecule has 0 bridgehead atoms. The van der Waals surface area contributed by atoms with Crippen LogP contribution >= 0.6 is 0 Å². The molecule has 1 saturated carbocycles. The van der Waals surface area contributed by atoms with Crippen LogP contribution in [0.3, 0.4) is 0 Å². The fourth-order valence-electron chi connectivity index (χ4n) is 3.38. The molecule has 1 heterocycles. The molecule has 0 radical (unpaired) electrons. The van der Waals surface area contributed by atoms with Crippen molar-refractivity contribution in [2.75, 3.05) is 0 Å². The number of fused-ring (bicyclic) bond motifs is 1. The van der Waals surface area contributed by atoms with E-state index in [0.717, 1.165) is 23.7 Å². The Balaban J connectivity index is 2.02. The Hall–Kier alpha value is -1.58.